The molecule has 2 unspecified atom stereocenters. The van der Waals surface area contributed by atoms with Crippen molar-refractivity contribution < 1.29 is 9.59 Å². The van der Waals surface area contributed by atoms with Gasteiger partial charge in [0.25, 0.3) is 5.91 Å². The second-order valence-electron chi connectivity index (χ2n) is 3.44. The van der Waals surface area contributed by atoms with Gasteiger partial charge < -0.3 is 10.6 Å². The predicted molar refractivity (Wildman–Crippen MR) is 68.7 cm³/mol. The van der Waals surface area contributed by atoms with Crippen LogP contribution in [0.1, 0.15) is 12.8 Å². The van der Waals surface area contributed by atoms with Gasteiger partial charge in [0.05, 0.1) is 28.9 Å². The summed E-state index contributed by atoms with van der Waals surface area (Å²) in [6, 6.07) is -0.976. The van der Waals surface area contributed by atoms with Gasteiger partial charge in [-0.25, -0.2) is 0 Å². The average molecular weight is 343 g/mol. The zero-order valence-corrected chi connectivity index (χ0v) is 11.2. The van der Waals surface area contributed by atoms with E-state index in [1.165, 1.54) is 0 Å². The van der Waals surface area contributed by atoms with E-state index < -0.39 is 6.04 Å². The van der Waals surface area contributed by atoms with Crippen molar-refractivity contribution in [1.29, 1.82) is 0 Å². The zero-order chi connectivity index (χ0) is 11.4. The number of nitrogens with zero attached hydrogens (tertiary/aromatic N) is 1. The monoisotopic (exact) mass is 343 g/mol. The van der Waals surface area contributed by atoms with Crippen LogP contribution in [0.15, 0.2) is 0 Å². The van der Waals surface area contributed by atoms with Crippen molar-refractivity contribution in [2.24, 2.45) is 5.73 Å². The highest BCUT2D eigenvalue weighted by molar-refractivity contribution is 14.1. The fraction of sp³-hybridized carbons (Fsp3) is 0.750. The van der Waals surface area contributed by atoms with Crippen molar-refractivity contribution in [3.05, 3.63) is 0 Å². The van der Waals surface area contributed by atoms with Crippen LogP contribution in [0.5, 0.6) is 0 Å². The molecule has 2 amide bonds. The Kier molecular flexibility index (Phi) is 5.13. The highest BCUT2D eigenvalue weighted by Gasteiger charge is 2.35. The Bertz CT molecular complexity index is 264. The van der Waals surface area contributed by atoms with Crippen molar-refractivity contribution >= 4 is 47.3 Å². The van der Waals surface area contributed by atoms with E-state index in [9.17, 15) is 9.59 Å². The minimum Gasteiger partial charge on any atom is -0.329 e. The quantitative estimate of drug-likeness (QED) is 0.374. The van der Waals surface area contributed by atoms with Crippen molar-refractivity contribution in [1.82, 2.24) is 8.43 Å². The van der Waals surface area contributed by atoms with Gasteiger partial charge in [-0.15, -0.1) is 0 Å². The lowest BCUT2D eigenvalue weighted by molar-refractivity contribution is -0.138. The van der Waals surface area contributed by atoms with Crippen molar-refractivity contribution in [2.45, 2.75) is 24.9 Å². The normalized spacial score (nSPS) is 22.6. The number of likely N-dealkylation sites (tertiary alicyclic amines) is 1. The molecular formula is C8H14IN3O2S. The van der Waals surface area contributed by atoms with E-state index >= 15 is 0 Å². The van der Waals surface area contributed by atoms with E-state index in [2.05, 4.69) is 16.2 Å². The fourth-order valence-corrected chi connectivity index (χ4v) is 2.17. The number of halogens is 1. The SMILES string of the molecule is NC(CS)C(=O)N1CCCC1C(=O)NI. The Morgan fingerprint density at radius 3 is 2.87 bits per heavy atom. The molecule has 1 aliphatic heterocycles. The molecular weight excluding hydrogens is 329 g/mol. The smallest absolute Gasteiger partial charge is 0.251 e. The van der Waals surface area contributed by atoms with Crippen LogP contribution < -0.4 is 9.26 Å². The first kappa shape index (κ1) is 13.0. The number of nitrogens with two attached hydrogens (primary N) is 1. The third-order valence-corrected chi connectivity index (χ3v) is 3.37. The Morgan fingerprint density at radius 1 is 1.67 bits per heavy atom. The second kappa shape index (κ2) is 5.90. The van der Waals surface area contributed by atoms with Gasteiger partial charge in [-0.1, -0.05) is 0 Å². The summed E-state index contributed by atoms with van der Waals surface area (Å²) in [5.41, 5.74) is 5.60. The van der Waals surface area contributed by atoms with E-state index in [-0.39, 0.29) is 17.9 Å². The number of hydrogen-bond acceptors (Lipinski definition) is 4. The van der Waals surface area contributed by atoms with Crippen molar-refractivity contribution in [3.8, 4) is 0 Å². The fourth-order valence-electron chi connectivity index (χ4n) is 1.66. The van der Waals surface area contributed by atoms with Gasteiger partial charge in [0.1, 0.15) is 6.04 Å². The molecule has 5 nitrogen and oxygen atoms in total. The molecule has 0 aromatic rings. The van der Waals surface area contributed by atoms with Gasteiger partial charge in [0, 0.05) is 12.3 Å². The third kappa shape index (κ3) is 2.97. The van der Waals surface area contributed by atoms with Gasteiger partial charge in [-0.3, -0.25) is 13.1 Å². The molecule has 0 saturated carbocycles. The van der Waals surface area contributed by atoms with Crippen molar-refractivity contribution in [3.63, 3.8) is 0 Å². The maximum absolute atomic E-state index is 11.8. The van der Waals surface area contributed by atoms with E-state index in [1.807, 2.05) is 0 Å². The Balaban J connectivity index is 2.68. The summed E-state index contributed by atoms with van der Waals surface area (Å²) in [7, 11) is 0. The number of rotatable bonds is 3. The van der Waals surface area contributed by atoms with Crippen LogP contribution in [0.25, 0.3) is 0 Å². The molecule has 7 heteroatoms. The molecule has 15 heavy (non-hydrogen) atoms. The molecule has 0 aliphatic carbocycles. The van der Waals surface area contributed by atoms with Gasteiger partial charge in [-0.05, 0) is 12.8 Å². The van der Waals surface area contributed by atoms with Crippen LogP contribution in [-0.4, -0.2) is 41.1 Å². The molecule has 0 radical (unpaired) electrons. The van der Waals surface area contributed by atoms with Crippen LogP contribution >= 0.6 is 35.5 Å². The minimum atomic E-state index is -0.615. The maximum Gasteiger partial charge on any atom is 0.251 e. The summed E-state index contributed by atoms with van der Waals surface area (Å²) >= 11 is 5.76. The summed E-state index contributed by atoms with van der Waals surface area (Å²) in [5, 5.41) is 0. The summed E-state index contributed by atoms with van der Waals surface area (Å²) in [6.07, 6.45) is 1.56. The van der Waals surface area contributed by atoms with Gasteiger partial charge >= 0.3 is 0 Å². The lowest BCUT2D eigenvalue weighted by atomic mass is 10.2. The molecule has 0 aromatic carbocycles. The van der Waals surface area contributed by atoms with E-state index in [4.69, 9.17) is 5.73 Å². The molecule has 0 spiro atoms. The van der Waals surface area contributed by atoms with Gasteiger partial charge in [-0.2, -0.15) is 12.6 Å². The first-order chi connectivity index (χ1) is 7.11. The van der Waals surface area contributed by atoms with Crippen LogP contribution in [0.2, 0.25) is 0 Å². The molecule has 1 rings (SSSR count). The number of amides is 2. The largest absolute Gasteiger partial charge is 0.329 e. The summed E-state index contributed by atoms with van der Waals surface area (Å²) in [5.74, 6) is -0.0196. The van der Waals surface area contributed by atoms with Crippen LogP contribution in [0.4, 0.5) is 0 Å². The zero-order valence-electron chi connectivity index (χ0n) is 8.15. The Morgan fingerprint density at radius 2 is 2.33 bits per heavy atom. The third-order valence-electron chi connectivity index (χ3n) is 2.45. The average Bonchev–Trinajstić information content (AvgIpc) is 2.74. The van der Waals surface area contributed by atoms with E-state index in [1.54, 1.807) is 27.8 Å². The minimum absolute atomic E-state index is 0.132. The van der Waals surface area contributed by atoms with Crippen LogP contribution in [-0.2, 0) is 9.59 Å². The first-order valence-electron chi connectivity index (χ1n) is 4.69. The van der Waals surface area contributed by atoms with Crippen LogP contribution in [0, 0.1) is 0 Å². The van der Waals surface area contributed by atoms with E-state index in [0.29, 0.717) is 18.7 Å². The highest BCUT2D eigenvalue weighted by Crippen LogP contribution is 2.18. The predicted octanol–water partition coefficient (Wildman–Crippen LogP) is -0.299. The number of nitrogens with one attached hydrogen (secondary N) is 1. The Labute approximate surface area is 108 Å². The summed E-state index contributed by atoms with van der Waals surface area (Å²) in [6.45, 7) is 0.606. The molecule has 1 heterocycles. The van der Waals surface area contributed by atoms with Crippen LogP contribution in [0.3, 0.4) is 0 Å². The molecule has 1 aliphatic rings. The molecule has 0 bridgehead atoms. The van der Waals surface area contributed by atoms with Crippen molar-refractivity contribution in [2.75, 3.05) is 12.3 Å². The first-order valence-corrected chi connectivity index (χ1v) is 6.40. The highest BCUT2D eigenvalue weighted by atomic mass is 127. The standard InChI is InChI=1S/C8H14IN3O2S/c9-11-7(13)6-2-1-3-12(6)8(14)5(10)4-15/h5-6,15H,1-4,10H2,(H,11,13). The number of carbonyl (C=O) groups is 2. The number of hydrogen-bond donors (Lipinski definition) is 3. The molecule has 3 N–H and O–H groups in total. The number of thiol groups is 1. The molecule has 1 saturated heterocycles. The second-order valence-corrected chi connectivity index (χ2v) is 4.34. The molecule has 2 atom stereocenters. The van der Waals surface area contributed by atoms with E-state index in [0.717, 1.165) is 6.42 Å². The lowest BCUT2D eigenvalue weighted by Gasteiger charge is -2.25. The molecule has 0 aromatic heterocycles. The summed E-state index contributed by atoms with van der Waals surface area (Å²) in [4.78, 5) is 24.8. The number of carbonyl (C=O) groups excluding carboxylic acids is 2. The van der Waals surface area contributed by atoms with Gasteiger partial charge in [0.15, 0.2) is 0 Å². The Hall–Kier alpha value is -0.0200. The topological polar surface area (TPSA) is 75.4 Å². The van der Waals surface area contributed by atoms with Gasteiger partial charge in [0.2, 0.25) is 5.91 Å². The molecule has 1 fully saturated rings. The maximum atomic E-state index is 11.8. The lowest BCUT2D eigenvalue weighted by Crippen LogP contribution is -2.50. The molecule has 86 valence electrons. The summed E-state index contributed by atoms with van der Waals surface area (Å²) < 4.78 is 2.53.